The highest BCUT2D eigenvalue weighted by Gasteiger charge is 2.15. The molecule has 8 heteroatoms. The molecule has 0 radical (unpaired) electrons. The Bertz CT molecular complexity index is 853. The van der Waals surface area contributed by atoms with Crippen LogP contribution in [0.2, 0.25) is 0 Å². The van der Waals surface area contributed by atoms with Gasteiger partial charge in [-0.25, -0.2) is 0 Å². The first kappa shape index (κ1) is 20.0. The van der Waals surface area contributed by atoms with Crippen molar-refractivity contribution in [2.75, 3.05) is 20.8 Å². The van der Waals surface area contributed by atoms with Crippen LogP contribution in [0.15, 0.2) is 17.1 Å². The molecule has 1 amide bonds. The Hall–Kier alpha value is -2.35. The fourth-order valence-corrected chi connectivity index (χ4v) is 3.52. The Kier molecular flexibility index (Phi) is 7.20. The van der Waals surface area contributed by atoms with E-state index in [0.29, 0.717) is 29.3 Å². The standard InChI is InChI=1S/C18H24N2O5S/c1-5-7-8-16(21)19-18-20(11-17(22)25-6-2)12-9-13(23-3)14(24-4)10-15(12)26-18/h9-10H,5-8,11H2,1-4H3. The van der Waals surface area contributed by atoms with E-state index in [4.69, 9.17) is 14.2 Å². The van der Waals surface area contributed by atoms with Crippen LogP contribution in [0.5, 0.6) is 11.5 Å². The van der Waals surface area contributed by atoms with Crippen LogP contribution >= 0.6 is 11.3 Å². The van der Waals surface area contributed by atoms with Gasteiger partial charge in [0.2, 0.25) is 5.91 Å². The smallest absolute Gasteiger partial charge is 0.326 e. The number of methoxy groups -OCH3 is 2. The second-order valence-corrected chi connectivity index (χ2v) is 6.57. The van der Waals surface area contributed by atoms with E-state index in [1.807, 2.05) is 13.0 Å². The Morgan fingerprint density at radius 1 is 1.15 bits per heavy atom. The molecule has 0 saturated heterocycles. The zero-order valence-corrected chi connectivity index (χ0v) is 16.4. The van der Waals surface area contributed by atoms with Gasteiger partial charge in [-0.1, -0.05) is 24.7 Å². The molecule has 0 saturated carbocycles. The lowest BCUT2D eigenvalue weighted by Crippen LogP contribution is -2.23. The van der Waals surface area contributed by atoms with E-state index in [0.717, 1.165) is 23.1 Å². The average Bonchev–Trinajstić information content (AvgIpc) is 2.95. The normalized spacial score (nSPS) is 11.6. The quantitative estimate of drug-likeness (QED) is 0.658. The Morgan fingerprint density at radius 2 is 1.85 bits per heavy atom. The molecule has 0 N–H and O–H groups in total. The third kappa shape index (κ3) is 4.63. The van der Waals surface area contributed by atoms with Crippen molar-refractivity contribution < 1.29 is 23.8 Å². The van der Waals surface area contributed by atoms with Crippen LogP contribution in [-0.2, 0) is 20.9 Å². The van der Waals surface area contributed by atoms with Gasteiger partial charge in [-0.3, -0.25) is 9.59 Å². The summed E-state index contributed by atoms with van der Waals surface area (Å²) in [4.78, 5) is 28.8. The van der Waals surface area contributed by atoms with Crippen LogP contribution in [-0.4, -0.2) is 37.3 Å². The first-order valence-electron chi connectivity index (χ1n) is 8.52. The van der Waals surface area contributed by atoms with Gasteiger partial charge in [0.1, 0.15) is 6.54 Å². The summed E-state index contributed by atoms with van der Waals surface area (Å²) in [5.41, 5.74) is 0.739. The van der Waals surface area contributed by atoms with Gasteiger partial charge >= 0.3 is 5.97 Å². The number of esters is 1. The number of hydrogen-bond acceptors (Lipinski definition) is 6. The molecule has 1 aromatic carbocycles. The molecule has 1 aromatic heterocycles. The zero-order valence-electron chi connectivity index (χ0n) is 15.5. The van der Waals surface area contributed by atoms with E-state index in [-0.39, 0.29) is 18.4 Å². The molecule has 0 unspecified atom stereocenters. The first-order chi connectivity index (χ1) is 12.5. The SMILES string of the molecule is CCCCC(=O)N=c1sc2cc(OC)c(OC)cc2n1CC(=O)OCC. The maximum Gasteiger partial charge on any atom is 0.326 e. The number of benzene rings is 1. The van der Waals surface area contributed by atoms with Gasteiger partial charge in [0.05, 0.1) is 31.0 Å². The molecule has 2 aromatic rings. The van der Waals surface area contributed by atoms with E-state index >= 15 is 0 Å². The second kappa shape index (κ2) is 9.38. The summed E-state index contributed by atoms with van der Waals surface area (Å²) in [5.74, 6) is 0.534. The van der Waals surface area contributed by atoms with Crippen LogP contribution in [0.3, 0.4) is 0 Å². The number of rotatable bonds is 8. The first-order valence-corrected chi connectivity index (χ1v) is 9.34. The van der Waals surface area contributed by atoms with Gasteiger partial charge in [-0.05, 0) is 13.3 Å². The molecule has 0 aliphatic heterocycles. The summed E-state index contributed by atoms with van der Waals surface area (Å²) >= 11 is 1.33. The molecule has 0 aliphatic carbocycles. The maximum absolute atomic E-state index is 12.1. The highest BCUT2D eigenvalue weighted by atomic mass is 32.1. The second-order valence-electron chi connectivity index (χ2n) is 5.56. The van der Waals surface area contributed by atoms with E-state index in [1.54, 1.807) is 31.8 Å². The number of nitrogens with zero attached hydrogens (tertiary/aromatic N) is 2. The van der Waals surface area contributed by atoms with Crippen molar-refractivity contribution in [1.82, 2.24) is 4.57 Å². The van der Waals surface area contributed by atoms with Crippen LogP contribution in [0.4, 0.5) is 0 Å². The lowest BCUT2D eigenvalue weighted by Gasteiger charge is -2.09. The Morgan fingerprint density at radius 3 is 2.46 bits per heavy atom. The number of amides is 1. The predicted molar refractivity (Wildman–Crippen MR) is 99.6 cm³/mol. The van der Waals surface area contributed by atoms with Gasteiger partial charge in [0.15, 0.2) is 16.3 Å². The van der Waals surface area contributed by atoms with Gasteiger partial charge < -0.3 is 18.8 Å². The van der Waals surface area contributed by atoms with Crippen molar-refractivity contribution in [1.29, 1.82) is 0 Å². The van der Waals surface area contributed by atoms with Crippen LogP contribution < -0.4 is 14.3 Å². The van der Waals surface area contributed by atoms with Crippen molar-refractivity contribution in [2.24, 2.45) is 4.99 Å². The summed E-state index contributed by atoms with van der Waals surface area (Å²) in [6.45, 7) is 4.04. The number of fused-ring (bicyclic) bond motifs is 1. The van der Waals surface area contributed by atoms with E-state index in [1.165, 1.54) is 11.3 Å². The van der Waals surface area contributed by atoms with Crippen molar-refractivity contribution in [3.8, 4) is 11.5 Å². The monoisotopic (exact) mass is 380 g/mol. The van der Waals surface area contributed by atoms with E-state index < -0.39 is 0 Å². The van der Waals surface area contributed by atoms with E-state index in [9.17, 15) is 9.59 Å². The van der Waals surface area contributed by atoms with E-state index in [2.05, 4.69) is 4.99 Å². The third-order valence-electron chi connectivity index (χ3n) is 3.75. The summed E-state index contributed by atoms with van der Waals surface area (Å²) in [7, 11) is 3.11. The molecule has 7 nitrogen and oxygen atoms in total. The number of thiazole rings is 1. The summed E-state index contributed by atoms with van der Waals surface area (Å²) in [5, 5.41) is 0. The number of hydrogen-bond donors (Lipinski definition) is 0. The van der Waals surface area contributed by atoms with Crippen LogP contribution in [0.25, 0.3) is 10.2 Å². The molecule has 0 fully saturated rings. The number of carbonyl (C=O) groups excluding carboxylic acids is 2. The lowest BCUT2D eigenvalue weighted by molar-refractivity contribution is -0.143. The minimum Gasteiger partial charge on any atom is -0.493 e. The summed E-state index contributed by atoms with van der Waals surface area (Å²) < 4.78 is 18.3. The van der Waals surface area contributed by atoms with Crippen molar-refractivity contribution in [2.45, 2.75) is 39.7 Å². The topological polar surface area (TPSA) is 79.1 Å². The molecule has 2 rings (SSSR count). The maximum atomic E-state index is 12.1. The van der Waals surface area contributed by atoms with Gasteiger partial charge in [0.25, 0.3) is 0 Å². The number of carbonyl (C=O) groups is 2. The molecule has 0 aliphatic rings. The Labute approximate surface area is 156 Å². The largest absolute Gasteiger partial charge is 0.493 e. The third-order valence-corrected chi connectivity index (χ3v) is 4.79. The zero-order chi connectivity index (χ0) is 19.1. The van der Waals surface area contributed by atoms with Crippen LogP contribution in [0.1, 0.15) is 33.1 Å². The molecule has 0 atom stereocenters. The van der Waals surface area contributed by atoms with Gasteiger partial charge in [-0.15, -0.1) is 0 Å². The summed E-state index contributed by atoms with van der Waals surface area (Å²) in [6.07, 6.45) is 2.09. The molecule has 142 valence electrons. The summed E-state index contributed by atoms with van der Waals surface area (Å²) in [6, 6.07) is 3.59. The van der Waals surface area contributed by atoms with Gasteiger partial charge in [-0.2, -0.15) is 4.99 Å². The van der Waals surface area contributed by atoms with Gasteiger partial charge in [0, 0.05) is 18.6 Å². The van der Waals surface area contributed by atoms with Crippen LogP contribution in [0, 0.1) is 0 Å². The molecule has 26 heavy (non-hydrogen) atoms. The number of ether oxygens (including phenoxy) is 3. The number of unbranched alkanes of at least 4 members (excludes halogenated alkanes) is 1. The number of aromatic nitrogens is 1. The average molecular weight is 380 g/mol. The van der Waals surface area contributed by atoms with Crippen molar-refractivity contribution >= 4 is 33.4 Å². The molecule has 0 spiro atoms. The molecular formula is C18H24N2O5S. The highest BCUT2D eigenvalue weighted by Crippen LogP contribution is 2.33. The fraction of sp³-hybridized carbons (Fsp3) is 0.500. The fourth-order valence-electron chi connectivity index (χ4n) is 2.46. The minimum atomic E-state index is -0.385. The lowest BCUT2D eigenvalue weighted by atomic mass is 10.2. The van der Waals surface area contributed by atoms with Crippen molar-refractivity contribution in [3.05, 3.63) is 16.9 Å². The molecule has 0 bridgehead atoms. The molecular weight excluding hydrogens is 356 g/mol. The van der Waals surface area contributed by atoms with Crippen molar-refractivity contribution in [3.63, 3.8) is 0 Å². The minimum absolute atomic E-state index is 0.0246. The Balaban J connectivity index is 2.59. The molecule has 1 heterocycles. The highest BCUT2D eigenvalue weighted by molar-refractivity contribution is 7.16. The predicted octanol–water partition coefficient (Wildman–Crippen LogP) is 2.90.